The summed E-state index contributed by atoms with van der Waals surface area (Å²) in [5.41, 5.74) is 2.99. The first-order valence-electron chi connectivity index (χ1n) is 5.15. The van der Waals surface area contributed by atoms with Gasteiger partial charge < -0.3 is 0 Å². The van der Waals surface area contributed by atoms with Crippen LogP contribution in [0.5, 0.6) is 0 Å². The molecule has 0 aromatic heterocycles. The molecule has 0 atom stereocenters. The first kappa shape index (κ1) is 12.2. The lowest BCUT2D eigenvalue weighted by Gasteiger charge is -2.01. The molecule has 0 aromatic carbocycles. The lowest BCUT2D eigenvalue weighted by molar-refractivity contribution is 0.919. The monoisotopic (exact) mass is 178 g/mol. The van der Waals surface area contributed by atoms with Crippen LogP contribution in [0.25, 0.3) is 0 Å². The molecule has 13 heavy (non-hydrogen) atoms. The van der Waals surface area contributed by atoms with Gasteiger partial charge in [0.2, 0.25) is 0 Å². The second kappa shape index (κ2) is 7.85. The topological polar surface area (TPSA) is 0 Å². The van der Waals surface area contributed by atoms with Crippen molar-refractivity contribution >= 4 is 0 Å². The van der Waals surface area contributed by atoms with Gasteiger partial charge in [-0.25, -0.2) is 0 Å². The van der Waals surface area contributed by atoms with E-state index in [1.165, 1.54) is 30.4 Å². The molecule has 0 bridgehead atoms. The zero-order chi connectivity index (χ0) is 10.1. The molecule has 0 radical (unpaired) electrons. The van der Waals surface area contributed by atoms with Crippen molar-refractivity contribution in [1.82, 2.24) is 0 Å². The average molecular weight is 178 g/mol. The van der Waals surface area contributed by atoms with Gasteiger partial charge in [0.05, 0.1) is 0 Å². The fourth-order valence-corrected chi connectivity index (χ4v) is 1.20. The molecule has 0 aliphatic rings. The normalized spacial score (nSPS) is 13.2. The summed E-state index contributed by atoms with van der Waals surface area (Å²) < 4.78 is 0. The molecule has 0 saturated heterocycles. The molecule has 0 rings (SSSR count). The van der Waals surface area contributed by atoms with Gasteiger partial charge in [-0.2, -0.15) is 0 Å². The molecule has 0 aliphatic carbocycles. The quantitative estimate of drug-likeness (QED) is 0.519. The number of rotatable bonds is 6. The van der Waals surface area contributed by atoms with Gasteiger partial charge in [-0.1, -0.05) is 36.3 Å². The van der Waals surface area contributed by atoms with Gasteiger partial charge in [-0.3, -0.25) is 0 Å². The molecule has 0 heteroatoms. The van der Waals surface area contributed by atoms with Crippen LogP contribution >= 0.6 is 0 Å². The molecule has 0 nitrogen and oxygen atoms in total. The summed E-state index contributed by atoms with van der Waals surface area (Å²) in [6.45, 7) is 10.3. The van der Waals surface area contributed by atoms with Gasteiger partial charge in [-0.15, -0.1) is 6.58 Å². The molecular formula is C13H22. The molecule has 0 saturated carbocycles. The zero-order valence-corrected chi connectivity index (χ0v) is 9.27. The Morgan fingerprint density at radius 3 is 2.54 bits per heavy atom. The highest BCUT2D eigenvalue weighted by molar-refractivity contribution is 5.07. The molecule has 0 aliphatic heterocycles. The van der Waals surface area contributed by atoms with Crippen LogP contribution in [0.3, 0.4) is 0 Å². The fourth-order valence-electron chi connectivity index (χ4n) is 1.20. The highest BCUT2D eigenvalue weighted by Gasteiger charge is 1.92. The molecule has 0 amide bonds. The van der Waals surface area contributed by atoms with E-state index in [1.54, 1.807) is 0 Å². The molecule has 0 unspecified atom stereocenters. The minimum Gasteiger partial charge on any atom is -0.103 e. The fraction of sp³-hybridized carbons (Fsp3) is 0.538. The Hall–Kier alpha value is -0.780. The highest BCUT2D eigenvalue weighted by atomic mass is 14.0. The Labute approximate surface area is 83.0 Å². The summed E-state index contributed by atoms with van der Waals surface area (Å²) in [4.78, 5) is 0. The maximum Gasteiger partial charge on any atom is -0.0142 e. The third kappa shape index (κ3) is 6.39. The molecular weight excluding hydrogens is 156 g/mol. The van der Waals surface area contributed by atoms with Crippen LogP contribution in [0.1, 0.15) is 46.5 Å². The Bertz CT molecular complexity index is 194. The average Bonchev–Trinajstić information content (AvgIpc) is 2.16. The summed E-state index contributed by atoms with van der Waals surface area (Å²) >= 11 is 0. The van der Waals surface area contributed by atoms with E-state index in [9.17, 15) is 0 Å². The van der Waals surface area contributed by atoms with Crippen molar-refractivity contribution in [2.45, 2.75) is 46.5 Å². The number of hydrogen-bond donors (Lipinski definition) is 0. The standard InChI is InChI=1S/C13H22/c1-5-9-13(7-3)11-8-10-12(4)6-2/h5,7,10H,1,6,8-9,11H2,2-4H3/b12-10+,13-7-. The predicted molar refractivity (Wildman–Crippen MR) is 61.9 cm³/mol. The third-order valence-corrected chi connectivity index (χ3v) is 2.33. The van der Waals surface area contributed by atoms with Crippen molar-refractivity contribution in [1.29, 1.82) is 0 Å². The van der Waals surface area contributed by atoms with Gasteiger partial charge in [0.25, 0.3) is 0 Å². The minimum atomic E-state index is 1.04. The second-order valence-electron chi connectivity index (χ2n) is 3.38. The molecule has 0 N–H and O–H groups in total. The zero-order valence-electron chi connectivity index (χ0n) is 9.27. The summed E-state index contributed by atoms with van der Waals surface area (Å²) in [5.74, 6) is 0. The van der Waals surface area contributed by atoms with Gasteiger partial charge in [0, 0.05) is 0 Å². The van der Waals surface area contributed by atoms with Crippen LogP contribution in [0.2, 0.25) is 0 Å². The van der Waals surface area contributed by atoms with E-state index in [2.05, 4.69) is 39.5 Å². The SMILES string of the molecule is C=CC/C(=C/C)CC/C=C(\C)CC. The number of hydrogen-bond acceptors (Lipinski definition) is 0. The van der Waals surface area contributed by atoms with E-state index in [0.29, 0.717) is 0 Å². The second-order valence-corrected chi connectivity index (χ2v) is 3.38. The van der Waals surface area contributed by atoms with Crippen molar-refractivity contribution in [3.05, 3.63) is 36.0 Å². The lowest BCUT2D eigenvalue weighted by atomic mass is 10.1. The van der Waals surface area contributed by atoms with Gasteiger partial charge in [-0.05, 0) is 39.5 Å². The van der Waals surface area contributed by atoms with E-state index in [4.69, 9.17) is 0 Å². The van der Waals surface area contributed by atoms with Crippen LogP contribution in [-0.4, -0.2) is 0 Å². The molecule has 0 aromatic rings. The van der Waals surface area contributed by atoms with E-state index < -0.39 is 0 Å². The lowest BCUT2D eigenvalue weighted by Crippen LogP contribution is -1.81. The summed E-state index contributed by atoms with van der Waals surface area (Å²) in [6.07, 6.45) is 11.1. The van der Waals surface area contributed by atoms with E-state index in [0.717, 1.165) is 6.42 Å². The Morgan fingerprint density at radius 1 is 1.38 bits per heavy atom. The molecule has 0 heterocycles. The van der Waals surface area contributed by atoms with Crippen molar-refractivity contribution in [2.24, 2.45) is 0 Å². The summed E-state index contributed by atoms with van der Waals surface area (Å²) in [6, 6.07) is 0. The van der Waals surface area contributed by atoms with Crippen molar-refractivity contribution in [3.8, 4) is 0 Å². The largest absolute Gasteiger partial charge is 0.103 e. The maximum absolute atomic E-state index is 3.75. The summed E-state index contributed by atoms with van der Waals surface area (Å²) in [5, 5.41) is 0. The van der Waals surface area contributed by atoms with Gasteiger partial charge in [0.1, 0.15) is 0 Å². The van der Waals surface area contributed by atoms with Gasteiger partial charge in [0.15, 0.2) is 0 Å². The Kier molecular flexibility index (Phi) is 7.38. The minimum absolute atomic E-state index is 1.04. The first-order chi connectivity index (χ1) is 6.24. The van der Waals surface area contributed by atoms with E-state index in [1.807, 2.05) is 6.08 Å². The molecule has 0 fully saturated rings. The molecule has 0 spiro atoms. The third-order valence-electron chi connectivity index (χ3n) is 2.33. The number of allylic oxidation sites excluding steroid dienone is 5. The smallest absolute Gasteiger partial charge is 0.0142 e. The molecule has 74 valence electrons. The van der Waals surface area contributed by atoms with E-state index >= 15 is 0 Å². The van der Waals surface area contributed by atoms with E-state index in [-0.39, 0.29) is 0 Å². The van der Waals surface area contributed by atoms with Crippen LogP contribution in [0, 0.1) is 0 Å². The van der Waals surface area contributed by atoms with Crippen molar-refractivity contribution in [3.63, 3.8) is 0 Å². The highest BCUT2D eigenvalue weighted by Crippen LogP contribution is 2.12. The van der Waals surface area contributed by atoms with Crippen LogP contribution in [-0.2, 0) is 0 Å². The van der Waals surface area contributed by atoms with Crippen LogP contribution in [0.4, 0.5) is 0 Å². The van der Waals surface area contributed by atoms with Gasteiger partial charge >= 0.3 is 0 Å². The van der Waals surface area contributed by atoms with Crippen LogP contribution < -0.4 is 0 Å². The van der Waals surface area contributed by atoms with Crippen LogP contribution in [0.15, 0.2) is 36.0 Å². The predicted octanol–water partition coefficient (Wildman–Crippen LogP) is 4.65. The first-order valence-corrected chi connectivity index (χ1v) is 5.15. The summed E-state index contributed by atoms with van der Waals surface area (Å²) in [7, 11) is 0. The van der Waals surface area contributed by atoms with Crippen molar-refractivity contribution < 1.29 is 0 Å². The van der Waals surface area contributed by atoms with Crippen molar-refractivity contribution in [2.75, 3.05) is 0 Å². The maximum atomic E-state index is 3.75. The Balaban J connectivity index is 3.80. The Morgan fingerprint density at radius 2 is 2.08 bits per heavy atom.